The van der Waals surface area contributed by atoms with Gasteiger partial charge in [-0.2, -0.15) is 5.26 Å². The van der Waals surface area contributed by atoms with E-state index in [1.807, 2.05) is 29.6 Å². The van der Waals surface area contributed by atoms with Crippen LogP contribution in [0.15, 0.2) is 48.0 Å². The molecule has 0 aliphatic rings. The van der Waals surface area contributed by atoms with E-state index in [1.165, 1.54) is 38.7 Å². The zero-order chi connectivity index (χ0) is 22.4. The predicted molar refractivity (Wildman–Crippen MR) is 121 cm³/mol. The molecule has 0 aliphatic heterocycles. The lowest BCUT2D eigenvalue weighted by Gasteiger charge is -2.13. The van der Waals surface area contributed by atoms with Crippen LogP contribution in [0.25, 0.3) is 16.8 Å². The molecule has 0 fully saturated rings. The molecule has 1 heterocycles. The fourth-order valence-electron chi connectivity index (χ4n) is 2.89. The zero-order valence-electron chi connectivity index (χ0n) is 17.6. The highest BCUT2D eigenvalue weighted by Crippen LogP contribution is 2.34. The minimum atomic E-state index is -0.148. The van der Waals surface area contributed by atoms with Crippen LogP contribution in [0.2, 0.25) is 0 Å². The van der Waals surface area contributed by atoms with Crippen molar-refractivity contribution < 1.29 is 19.0 Å². The molecule has 3 aromatic rings. The summed E-state index contributed by atoms with van der Waals surface area (Å²) < 4.78 is 15.8. The Morgan fingerprint density at radius 3 is 2.52 bits per heavy atom. The normalized spacial score (nSPS) is 10.9. The van der Waals surface area contributed by atoms with Crippen LogP contribution in [0.5, 0.6) is 17.2 Å². The minimum absolute atomic E-state index is 0.148. The molecule has 0 atom stereocenters. The zero-order valence-corrected chi connectivity index (χ0v) is 18.4. The van der Waals surface area contributed by atoms with E-state index >= 15 is 0 Å². The summed E-state index contributed by atoms with van der Waals surface area (Å²) in [6.07, 6.45) is 1.53. The van der Waals surface area contributed by atoms with Gasteiger partial charge >= 0.3 is 0 Å². The smallest absolute Gasteiger partial charge is 0.162 e. The number of hydrogen-bond donors (Lipinski definition) is 1. The number of ether oxygens (including phenoxy) is 3. The molecule has 0 bridgehead atoms. The second-order valence-electron chi connectivity index (χ2n) is 6.39. The Kier molecular flexibility index (Phi) is 6.90. The van der Waals surface area contributed by atoms with Crippen LogP contribution in [0, 0.1) is 11.3 Å². The summed E-state index contributed by atoms with van der Waals surface area (Å²) in [6, 6.07) is 13.0. The molecule has 31 heavy (non-hydrogen) atoms. The molecule has 0 aliphatic carbocycles. The average Bonchev–Trinajstić information content (AvgIpc) is 3.29. The average molecular weight is 436 g/mol. The Hall–Kier alpha value is -3.83. The first-order valence-electron chi connectivity index (χ1n) is 9.24. The number of Topliss-reactive ketones (excluding diaryl/α,β-unsaturated/α-hetero) is 1. The van der Waals surface area contributed by atoms with Gasteiger partial charge in [-0.25, -0.2) is 4.98 Å². The summed E-state index contributed by atoms with van der Waals surface area (Å²) in [5.74, 6) is 1.50. The Bertz CT molecular complexity index is 1180. The highest BCUT2D eigenvalue weighted by molar-refractivity contribution is 7.11. The number of nitrogens with one attached hydrogen (secondary N) is 1. The number of carbonyl (C=O) groups excluding carboxylic acids is 1. The lowest BCUT2D eigenvalue weighted by atomic mass is 10.1. The number of rotatable bonds is 8. The maximum absolute atomic E-state index is 12.1. The molecule has 1 aromatic heterocycles. The van der Waals surface area contributed by atoms with Crippen molar-refractivity contribution in [3.63, 3.8) is 0 Å². The molecule has 0 radical (unpaired) electrons. The number of hydrogen-bond acceptors (Lipinski definition) is 8. The van der Waals surface area contributed by atoms with Crippen molar-refractivity contribution >= 4 is 28.4 Å². The van der Waals surface area contributed by atoms with Crippen LogP contribution in [0.3, 0.4) is 0 Å². The van der Waals surface area contributed by atoms with Gasteiger partial charge in [0, 0.05) is 28.8 Å². The molecule has 0 unspecified atom stereocenters. The van der Waals surface area contributed by atoms with E-state index in [0.29, 0.717) is 33.3 Å². The fraction of sp³-hybridized carbons (Fsp3) is 0.174. The quantitative estimate of drug-likeness (QED) is 0.392. The first kappa shape index (κ1) is 21.9. The number of nitrogens with zero attached hydrogens (tertiary/aromatic N) is 2. The van der Waals surface area contributed by atoms with Crippen molar-refractivity contribution in [3.8, 4) is 34.6 Å². The van der Waals surface area contributed by atoms with E-state index in [1.54, 1.807) is 19.2 Å². The standard InChI is InChI=1S/C23H21N3O4S/c1-14(27)18-9-21(29-3)22(30-4)10-19(18)25-12-16(11-24)23-26-20(13-31-23)15-6-5-7-17(8-15)28-2/h5-10,12-13,25H,1-4H3. The van der Waals surface area contributed by atoms with Crippen molar-refractivity contribution in [3.05, 3.63) is 58.5 Å². The molecule has 0 saturated heterocycles. The van der Waals surface area contributed by atoms with Gasteiger partial charge < -0.3 is 19.5 Å². The van der Waals surface area contributed by atoms with E-state index in [-0.39, 0.29) is 5.78 Å². The SMILES string of the molecule is COc1cccc(-c2csc(C(C#N)=CNc3cc(OC)c(OC)cc3C(C)=O)n2)c1. The summed E-state index contributed by atoms with van der Waals surface area (Å²) >= 11 is 1.36. The van der Waals surface area contributed by atoms with Crippen LogP contribution >= 0.6 is 11.3 Å². The van der Waals surface area contributed by atoms with Gasteiger partial charge in [-0.1, -0.05) is 12.1 Å². The largest absolute Gasteiger partial charge is 0.497 e. The van der Waals surface area contributed by atoms with Crippen molar-refractivity contribution in [1.29, 1.82) is 5.26 Å². The van der Waals surface area contributed by atoms with Crippen molar-refractivity contribution in [2.45, 2.75) is 6.92 Å². The highest BCUT2D eigenvalue weighted by atomic mass is 32.1. The molecule has 1 N–H and O–H groups in total. The molecule has 3 rings (SSSR count). The van der Waals surface area contributed by atoms with Crippen LogP contribution in [-0.2, 0) is 0 Å². The van der Waals surface area contributed by atoms with E-state index < -0.39 is 0 Å². The van der Waals surface area contributed by atoms with E-state index in [2.05, 4.69) is 16.4 Å². The third-order valence-corrected chi connectivity index (χ3v) is 5.37. The number of anilines is 1. The van der Waals surface area contributed by atoms with E-state index in [9.17, 15) is 10.1 Å². The molecule has 0 amide bonds. The van der Waals surface area contributed by atoms with Gasteiger partial charge in [0.15, 0.2) is 17.3 Å². The van der Waals surface area contributed by atoms with Crippen molar-refractivity contribution in [2.75, 3.05) is 26.6 Å². The van der Waals surface area contributed by atoms with Gasteiger partial charge in [0.1, 0.15) is 22.4 Å². The number of thiazole rings is 1. The van der Waals surface area contributed by atoms with Crippen LogP contribution in [0.4, 0.5) is 5.69 Å². The summed E-state index contributed by atoms with van der Waals surface area (Å²) in [6.45, 7) is 1.46. The van der Waals surface area contributed by atoms with Gasteiger partial charge in [-0.3, -0.25) is 4.79 Å². The molecular formula is C23H21N3O4S. The first-order valence-corrected chi connectivity index (χ1v) is 10.1. The van der Waals surface area contributed by atoms with Gasteiger partial charge in [-0.05, 0) is 25.1 Å². The van der Waals surface area contributed by atoms with Crippen LogP contribution in [-0.4, -0.2) is 32.1 Å². The third kappa shape index (κ3) is 4.85. The molecule has 8 heteroatoms. The maximum atomic E-state index is 12.1. The number of allylic oxidation sites excluding steroid dienone is 1. The van der Waals surface area contributed by atoms with Crippen LogP contribution in [0.1, 0.15) is 22.3 Å². The molecule has 0 spiro atoms. The van der Waals surface area contributed by atoms with Gasteiger partial charge in [-0.15, -0.1) is 11.3 Å². The monoisotopic (exact) mass is 435 g/mol. The van der Waals surface area contributed by atoms with Crippen molar-refractivity contribution in [2.24, 2.45) is 0 Å². The predicted octanol–water partition coefficient (Wildman–Crippen LogP) is 5.02. The lowest BCUT2D eigenvalue weighted by molar-refractivity contribution is 0.101. The second-order valence-corrected chi connectivity index (χ2v) is 7.25. The molecule has 0 saturated carbocycles. The van der Waals surface area contributed by atoms with E-state index in [4.69, 9.17) is 14.2 Å². The Morgan fingerprint density at radius 1 is 1.13 bits per heavy atom. The molecular weight excluding hydrogens is 414 g/mol. The molecule has 2 aromatic carbocycles. The summed E-state index contributed by atoms with van der Waals surface area (Å²) in [5.41, 5.74) is 2.90. The Morgan fingerprint density at radius 2 is 1.87 bits per heavy atom. The fourth-order valence-corrected chi connectivity index (χ4v) is 3.69. The third-order valence-electron chi connectivity index (χ3n) is 4.50. The highest BCUT2D eigenvalue weighted by Gasteiger charge is 2.15. The second kappa shape index (κ2) is 9.78. The topological polar surface area (TPSA) is 93.5 Å². The number of ketones is 1. The minimum Gasteiger partial charge on any atom is -0.497 e. The first-order chi connectivity index (χ1) is 15.0. The van der Waals surface area contributed by atoms with Gasteiger partial charge in [0.25, 0.3) is 0 Å². The lowest BCUT2D eigenvalue weighted by Crippen LogP contribution is -2.03. The van der Waals surface area contributed by atoms with Crippen molar-refractivity contribution in [1.82, 2.24) is 4.98 Å². The van der Waals surface area contributed by atoms with Gasteiger partial charge in [0.05, 0.1) is 32.7 Å². The Labute approximate surface area is 184 Å². The van der Waals surface area contributed by atoms with Crippen LogP contribution < -0.4 is 19.5 Å². The van der Waals surface area contributed by atoms with E-state index in [0.717, 1.165) is 17.0 Å². The number of benzene rings is 2. The van der Waals surface area contributed by atoms with Gasteiger partial charge in [0.2, 0.25) is 0 Å². The number of aromatic nitrogens is 1. The number of methoxy groups -OCH3 is 3. The molecule has 7 nitrogen and oxygen atoms in total. The summed E-state index contributed by atoms with van der Waals surface area (Å²) in [4.78, 5) is 16.7. The summed E-state index contributed by atoms with van der Waals surface area (Å²) in [5, 5.41) is 15.1. The summed E-state index contributed by atoms with van der Waals surface area (Å²) in [7, 11) is 4.63. The Balaban J connectivity index is 1.92. The molecule has 158 valence electrons. The number of nitriles is 1. The number of carbonyl (C=O) groups is 1. The maximum Gasteiger partial charge on any atom is 0.162 e.